The third kappa shape index (κ3) is 4.25. The summed E-state index contributed by atoms with van der Waals surface area (Å²) in [7, 11) is -9.43. The van der Waals surface area contributed by atoms with Crippen LogP contribution in [0.3, 0.4) is 0 Å². The van der Waals surface area contributed by atoms with Gasteiger partial charge in [0.2, 0.25) is 11.5 Å². The van der Waals surface area contributed by atoms with E-state index in [-0.39, 0.29) is 0 Å². The summed E-state index contributed by atoms with van der Waals surface area (Å²) in [5.41, 5.74) is 0. The SMILES string of the molecule is O=S(=O)(O)c1ccc(OC2=C(Oc3ccc(S(=O)(=O)O)cc3)C(F)(F)C(F)(F)C2(F)F)cc1. The van der Waals surface area contributed by atoms with Gasteiger partial charge in [-0.2, -0.15) is 43.2 Å². The zero-order valence-corrected chi connectivity index (χ0v) is 17.2. The molecule has 0 bridgehead atoms. The summed E-state index contributed by atoms with van der Waals surface area (Å²) in [5.74, 6) is -23.4. The van der Waals surface area contributed by atoms with Gasteiger partial charge in [0.15, 0.2) is 0 Å². The second-order valence-electron chi connectivity index (χ2n) is 6.48. The van der Waals surface area contributed by atoms with Crippen LogP contribution in [-0.2, 0) is 20.2 Å². The highest BCUT2D eigenvalue weighted by molar-refractivity contribution is 7.86. The van der Waals surface area contributed by atoms with Crippen LogP contribution in [0, 0.1) is 0 Å². The quantitative estimate of drug-likeness (QED) is 0.436. The van der Waals surface area contributed by atoms with Gasteiger partial charge in [-0.1, -0.05) is 0 Å². The van der Waals surface area contributed by atoms with Crippen LogP contribution < -0.4 is 9.47 Å². The smallest absolute Gasteiger partial charge is 0.387 e. The van der Waals surface area contributed by atoms with Crippen molar-refractivity contribution in [1.82, 2.24) is 0 Å². The minimum absolute atomic E-state index is 0.624. The Morgan fingerprint density at radius 1 is 0.576 bits per heavy atom. The Kier molecular flexibility index (Phi) is 5.72. The van der Waals surface area contributed by atoms with Gasteiger partial charge >= 0.3 is 17.8 Å². The van der Waals surface area contributed by atoms with Gasteiger partial charge in [0.1, 0.15) is 11.5 Å². The van der Waals surface area contributed by atoms with Crippen molar-refractivity contribution < 1.29 is 61.8 Å². The zero-order valence-electron chi connectivity index (χ0n) is 15.5. The van der Waals surface area contributed by atoms with E-state index in [1.165, 1.54) is 0 Å². The molecule has 1 aliphatic carbocycles. The molecule has 0 aliphatic heterocycles. The van der Waals surface area contributed by atoms with Gasteiger partial charge < -0.3 is 9.47 Å². The van der Waals surface area contributed by atoms with Crippen LogP contribution in [0.15, 0.2) is 69.8 Å². The van der Waals surface area contributed by atoms with Crippen molar-refractivity contribution in [2.45, 2.75) is 27.6 Å². The van der Waals surface area contributed by atoms with E-state index >= 15 is 0 Å². The standard InChI is InChI=1S/C17H10F6O8S2/c18-15(19)13(30-9-1-5-11(6-2-9)32(24,25)26)14(16(20,21)17(15,22)23)31-10-3-7-12(8-4-10)33(27,28)29/h1-8H,(H,24,25,26)(H,27,28,29). The summed E-state index contributed by atoms with van der Waals surface area (Å²) in [5, 5.41) is 0. The molecule has 2 N–H and O–H groups in total. The number of hydrogen-bond acceptors (Lipinski definition) is 6. The Morgan fingerprint density at radius 3 is 1.09 bits per heavy atom. The minimum atomic E-state index is -6.01. The number of ether oxygens (including phenoxy) is 2. The molecule has 0 atom stereocenters. The molecule has 0 unspecified atom stereocenters. The Morgan fingerprint density at radius 2 is 0.848 bits per heavy atom. The molecule has 0 amide bonds. The van der Waals surface area contributed by atoms with E-state index in [4.69, 9.17) is 9.11 Å². The molecule has 0 fully saturated rings. The molecule has 0 saturated heterocycles. The largest absolute Gasteiger partial charge is 0.451 e. The fraction of sp³-hybridized carbons (Fsp3) is 0.176. The van der Waals surface area contributed by atoms with Crippen molar-refractivity contribution in [2.75, 3.05) is 0 Å². The lowest BCUT2D eigenvalue weighted by molar-refractivity contribution is -0.273. The van der Waals surface area contributed by atoms with Gasteiger partial charge in [0.05, 0.1) is 9.79 Å². The molecular weight excluding hydrogens is 510 g/mol. The normalized spacial score (nSPS) is 19.4. The molecule has 8 nitrogen and oxygen atoms in total. The average Bonchev–Trinajstić information content (AvgIpc) is 2.77. The summed E-state index contributed by atoms with van der Waals surface area (Å²) in [6, 6.07) is 5.01. The third-order valence-electron chi connectivity index (χ3n) is 4.25. The first kappa shape index (κ1) is 24.8. The Bertz CT molecular complexity index is 1220. The van der Waals surface area contributed by atoms with E-state index in [0.717, 1.165) is 0 Å². The summed E-state index contributed by atoms with van der Waals surface area (Å²) in [6.45, 7) is 0. The highest BCUT2D eigenvalue weighted by atomic mass is 32.2. The first-order chi connectivity index (χ1) is 14.9. The zero-order chi connectivity index (χ0) is 25.0. The van der Waals surface area contributed by atoms with E-state index < -0.39 is 70.8 Å². The topological polar surface area (TPSA) is 127 Å². The molecule has 33 heavy (non-hydrogen) atoms. The molecule has 0 saturated carbocycles. The van der Waals surface area contributed by atoms with E-state index in [0.29, 0.717) is 48.5 Å². The maximum absolute atomic E-state index is 14.3. The van der Waals surface area contributed by atoms with Crippen LogP contribution in [-0.4, -0.2) is 43.7 Å². The monoisotopic (exact) mass is 520 g/mol. The van der Waals surface area contributed by atoms with Crippen LogP contribution in [0.25, 0.3) is 0 Å². The summed E-state index contributed by atoms with van der Waals surface area (Å²) in [6.07, 6.45) is 0. The van der Waals surface area contributed by atoms with Gasteiger partial charge in [-0.3, -0.25) is 9.11 Å². The van der Waals surface area contributed by atoms with Gasteiger partial charge in [-0.25, -0.2) is 0 Å². The van der Waals surface area contributed by atoms with Crippen molar-refractivity contribution in [2.24, 2.45) is 0 Å². The van der Waals surface area contributed by atoms with Crippen molar-refractivity contribution in [3.05, 3.63) is 60.0 Å². The summed E-state index contributed by atoms with van der Waals surface area (Å²) >= 11 is 0. The highest BCUT2D eigenvalue weighted by Gasteiger charge is 2.83. The van der Waals surface area contributed by atoms with E-state index in [9.17, 15) is 43.2 Å². The predicted octanol–water partition coefficient (Wildman–Crippen LogP) is 3.77. The molecule has 2 aromatic carbocycles. The number of halogens is 6. The molecule has 180 valence electrons. The van der Waals surface area contributed by atoms with Crippen molar-refractivity contribution in [3.63, 3.8) is 0 Å². The molecule has 1 aliphatic rings. The molecule has 2 aromatic rings. The number of benzene rings is 2. The molecule has 16 heteroatoms. The van der Waals surface area contributed by atoms with Gasteiger partial charge in [0.25, 0.3) is 20.2 Å². The van der Waals surface area contributed by atoms with Gasteiger partial charge in [-0.05, 0) is 48.5 Å². The maximum Gasteiger partial charge on any atom is 0.387 e. The Balaban J connectivity index is 2.07. The summed E-state index contributed by atoms with van der Waals surface area (Å²) < 4.78 is 156. The van der Waals surface area contributed by atoms with E-state index in [2.05, 4.69) is 9.47 Å². The van der Waals surface area contributed by atoms with Crippen molar-refractivity contribution in [1.29, 1.82) is 0 Å². The second-order valence-corrected chi connectivity index (χ2v) is 9.32. The molecule has 3 rings (SSSR count). The van der Waals surface area contributed by atoms with Crippen LogP contribution in [0.2, 0.25) is 0 Å². The van der Waals surface area contributed by atoms with Crippen molar-refractivity contribution >= 4 is 20.2 Å². The lowest BCUT2D eigenvalue weighted by atomic mass is 10.1. The number of rotatable bonds is 6. The summed E-state index contributed by atoms with van der Waals surface area (Å²) in [4.78, 5) is -1.46. The third-order valence-corrected chi connectivity index (χ3v) is 5.98. The van der Waals surface area contributed by atoms with Crippen molar-refractivity contribution in [3.8, 4) is 11.5 Å². The number of alkyl halides is 6. The fourth-order valence-corrected chi connectivity index (χ4v) is 3.54. The van der Waals surface area contributed by atoms with Crippen LogP contribution in [0.4, 0.5) is 26.3 Å². The molecule has 0 radical (unpaired) electrons. The lowest BCUT2D eigenvalue weighted by Gasteiger charge is -2.24. The molecule has 0 spiro atoms. The number of hydrogen-bond donors (Lipinski definition) is 2. The Hall–Kier alpha value is -2.82. The van der Waals surface area contributed by atoms with Gasteiger partial charge in [-0.15, -0.1) is 0 Å². The van der Waals surface area contributed by atoms with Crippen LogP contribution >= 0.6 is 0 Å². The average molecular weight is 520 g/mol. The maximum atomic E-state index is 14.3. The number of allylic oxidation sites excluding steroid dienone is 2. The Labute approximate surface area is 181 Å². The van der Waals surface area contributed by atoms with E-state index in [1.54, 1.807) is 0 Å². The van der Waals surface area contributed by atoms with E-state index in [1.807, 2.05) is 0 Å². The van der Waals surface area contributed by atoms with Crippen LogP contribution in [0.1, 0.15) is 0 Å². The molecule has 0 heterocycles. The predicted molar refractivity (Wildman–Crippen MR) is 95.6 cm³/mol. The first-order valence-electron chi connectivity index (χ1n) is 8.28. The minimum Gasteiger partial charge on any atom is -0.451 e. The van der Waals surface area contributed by atoms with Crippen LogP contribution in [0.5, 0.6) is 11.5 Å². The lowest BCUT2D eigenvalue weighted by Crippen LogP contribution is -2.50. The molecule has 0 aromatic heterocycles. The second kappa shape index (κ2) is 7.61. The van der Waals surface area contributed by atoms with Gasteiger partial charge in [0, 0.05) is 0 Å². The first-order valence-corrected chi connectivity index (χ1v) is 11.2. The highest BCUT2D eigenvalue weighted by Crippen LogP contribution is 2.59. The molecular formula is C17H10F6O8S2. The fourth-order valence-electron chi connectivity index (χ4n) is 2.58.